The normalized spacial score (nSPS) is 12.9. The third-order valence-electron chi connectivity index (χ3n) is 3.33. The van der Waals surface area contributed by atoms with Crippen LogP contribution in [-0.2, 0) is 4.79 Å². The molecule has 0 atom stereocenters. The van der Waals surface area contributed by atoms with Crippen LogP contribution in [0.2, 0.25) is 0 Å². The summed E-state index contributed by atoms with van der Waals surface area (Å²) >= 11 is 0. The van der Waals surface area contributed by atoms with Crippen molar-refractivity contribution in [3.8, 4) is 18.2 Å². The maximum atomic E-state index is 12.6. The van der Waals surface area contributed by atoms with Crippen LogP contribution in [-0.4, -0.2) is 36.3 Å². The number of para-hydroxylation sites is 1. The second-order valence-corrected chi connectivity index (χ2v) is 4.83. The van der Waals surface area contributed by atoms with Crippen LogP contribution < -0.4 is 10.6 Å². The van der Waals surface area contributed by atoms with Crippen LogP contribution in [0, 0.1) is 34.0 Å². The van der Waals surface area contributed by atoms with Crippen molar-refractivity contribution in [3.63, 3.8) is 0 Å². The molecular weight excluding hydrogens is 308 g/mol. The largest absolute Gasteiger partial charge is 0.353 e. The molecule has 0 saturated carbocycles. The Morgan fingerprint density at radius 3 is 2.50 bits per heavy atom. The molecule has 0 bridgehead atoms. The van der Waals surface area contributed by atoms with Crippen LogP contribution in [0.4, 0.5) is 5.69 Å². The fourth-order valence-electron chi connectivity index (χ4n) is 2.18. The summed E-state index contributed by atoms with van der Waals surface area (Å²) in [5.74, 6) is -0.616. The molecule has 8 nitrogen and oxygen atoms in total. The number of nitrogens with zero attached hydrogens (tertiary/aromatic N) is 4. The zero-order chi connectivity index (χ0) is 17.5. The van der Waals surface area contributed by atoms with Crippen molar-refractivity contribution < 1.29 is 9.59 Å². The summed E-state index contributed by atoms with van der Waals surface area (Å²) in [5.41, 5.74) is -0.0862. The van der Waals surface area contributed by atoms with Gasteiger partial charge in [-0.25, -0.2) is 0 Å². The lowest BCUT2D eigenvalue weighted by Gasteiger charge is -2.27. The second kappa shape index (κ2) is 7.44. The summed E-state index contributed by atoms with van der Waals surface area (Å²) < 4.78 is 0. The Morgan fingerprint density at radius 2 is 1.88 bits per heavy atom. The first-order valence-electron chi connectivity index (χ1n) is 6.97. The van der Waals surface area contributed by atoms with E-state index in [-0.39, 0.29) is 40.9 Å². The summed E-state index contributed by atoms with van der Waals surface area (Å²) in [6, 6.07) is 11.4. The number of hydrogen-bond donors (Lipinski definition) is 2. The lowest BCUT2D eigenvalue weighted by atomic mass is 10.1. The third kappa shape index (κ3) is 3.49. The van der Waals surface area contributed by atoms with Crippen molar-refractivity contribution in [2.24, 2.45) is 0 Å². The zero-order valence-electron chi connectivity index (χ0n) is 12.5. The Kier molecular flexibility index (Phi) is 5.13. The van der Waals surface area contributed by atoms with Gasteiger partial charge in [-0.3, -0.25) is 9.59 Å². The molecule has 0 radical (unpaired) electrons. The van der Waals surface area contributed by atoms with Gasteiger partial charge in [0.15, 0.2) is 5.57 Å². The van der Waals surface area contributed by atoms with Crippen molar-refractivity contribution in [1.29, 1.82) is 15.8 Å². The Morgan fingerprint density at radius 1 is 1.17 bits per heavy atom. The van der Waals surface area contributed by atoms with Gasteiger partial charge in [-0.05, 0) is 12.1 Å². The number of allylic oxidation sites excluding steroid dienone is 2. The molecule has 0 spiro atoms. The number of anilines is 1. The number of carbonyl (C=O) groups is 2. The van der Waals surface area contributed by atoms with Gasteiger partial charge >= 0.3 is 0 Å². The van der Waals surface area contributed by atoms with Crippen LogP contribution in [0.5, 0.6) is 0 Å². The number of benzene rings is 1. The molecule has 2 amide bonds. The Hall–Kier alpha value is -3.83. The molecule has 1 fully saturated rings. The molecule has 0 unspecified atom stereocenters. The lowest BCUT2D eigenvalue weighted by Crippen LogP contribution is -2.50. The number of hydrogen-bond acceptors (Lipinski definition) is 6. The van der Waals surface area contributed by atoms with E-state index >= 15 is 0 Å². The number of rotatable bonds is 3. The second-order valence-electron chi connectivity index (χ2n) is 4.83. The summed E-state index contributed by atoms with van der Waals surface area (Å²) in [4.78, 5) is 25.5. The van der Waals surface area contributed by atoms with Crippen LogP contribution in [0.25, 0.3) is 0 Å². The average Bonchev–Trinajstić information content (AvgIpc) is 2.61. The van der Waals surface area contributed by atoms with Crippen LogP contribution in [0.15, 0.2) is 35.5 Å². The number of amides is 2. The minimum Gasteiger partial charge on any atom is -0.353 e. The van der Waals surface area contributed by atoms with Gasteiger partial charge in [-0.2, -0.15) is 15.8 Å². The first-order chi connectivity index (χ1) is 11.6. The van der Waals surface area contributed by atoms with Gasteiger partial charge in [-0.15, -0.1) is 0 Å². The zero-order valence-corrected chi connectivity index (χ0v) is 12.5. The van der Waals surface area contributed by atoms with Gasteiger partial charge in [0.1, 0.15) is 23.9 Å². The first kappa shape index (κ1) is 16.5. The monoisotopic (exact) mass is 320 g/mol. The third-order valence-corrected chi connectivity index (χ3v) is 3.33. The lowest BCUT2D eigenvalue weighted by molar-refractivity contribution is -0.123. The number of carbonyl (C=O) groups excluding carboxylic acids is 2. The summed E-state index contributed by atoms with van der Waals surface area (Å²) in [5, 5.41) is 32.2. The smallest absolute Gasteiger partial charge is 0.256 e. The first-order valence-corrected chi connectivity index (χ1v) is 6.97. The maximum Gasteiger partial charge on any atom is 0.256 e. The summed E-state index contributed by atoms with van der Waals surface area (Å²) in [6.45, 7) is 0.702. The predicted octanol–water partition coefficient (Wildman–Crippen LogP) is 0.495. The van der Waals surface area contributed by atoms with Crippen molar-refractivity contribution in [2.45, 2.75) is 0 Å². The maximum absolute atomic E-state index is 12.6. The van der Waals surface area contributed by atoms with Gasteiger partial charge < -0.3 is 15.5 Å². The topological polar surface area (TPSA) is 133 Å². The standard InChI is InChI=1S/C16H12N6O2/c17-7-11(8-18)14(9-19)21-13-4-2-1-3-12(13)16(24)22-6-5-20-15(23)10-22/h1-4,21H,5-6,10H2,(H,20,23). The summed E-state index contributed by atoms with van der Waals surface area (Å²) in [7, 11) is 0. The van der Waals surface area contributed by atoms with Gasteiger partial charge in [0, 0.05) is 13.1 Å². The molecule has 1 aliphatic rings. The highest BCUT2D eigenvalue weighted by Gasteiger charge is 2.24. The van der Waals surface area contributed by atoms with E-state index in [4.69, 9.17) is 15.8 Å². The fourth-order valence-corrected chi connectivity index (χ4v) is 2.18. The van der Waals surface area contributed by atoms with E-state index < -0.39 is 0 Å². The van der Waals surface area contributed by atoms with Crippen molar-refractivity contribution >= 4 is 17.5 Å². The molecule has 118 valence electrons. The minimum atomic E-state index is -0.378. The van der Waals surface area contributed by atoms with Crippen molar-refractivity contribution in [1.82, 2.24) is 10.2 Å². The average molecular weight is 320 g/mol. The Labute approximate surface area is 138 Å². The molecule has 0 aromatic heterocycles. The number of piperazine rings is 1. The highest BCUT2D eigenvalue weighted by Crippen LogP contribution is 2.20. The van der Waals surface area contributed by atoms with Gasteiger partial charge in [0.2, 0.25) is 5.91 Å². The van der Waals surface area contributed by atoms with E-state index in [1.807, 2.05) is 0 Å². The van der Waals surface area contributed by atoms with E-state index in [1.165, 1.54) is 4.90 Å². The molecule has 1 aliphatic heterocycles. The molecular formula is C16H12N6O2. The highest BCUT2D eigenvalue weighted by atomic mass is 16.2. The van der Waals surface area contributed by atoms with Crippen molar-refractivity contribution in [2.75, 3.05) is 25.0 Å². The Balaban J connectivity index is 2.35. The van der Waals surface area contributed by atoms with E-state index in [0.717, 1.165) is 0 Å². The van der Waals surface area contributed by atoms with E-state index in [0.29, 0.717) is 13.1 Å². The molecule has 2 N–H and O–H groups in total. The van der Waals surface area contributed by atoms with Gasteiger partial charge in [0.25, 0.3) is 5.91 Å². The van der Waals surface area contributed by atoms with Crippen LogP contribution in [0.1, 0.15) is 10.4 Å². The SMILES string of the molecule is N#CC(C#N)=C(C#N)Nc1ccccc1C(=O)N1CCNC(=O)C1. The number of nitrogens with one attached hydrogen (secondary N) is 2. The van der Waals surface area contributed by atoms with Crippen LogP contribution in [0.3, 0.4) is 0 Å². The molecule has 1 aromatic rings. The molecule has 2 rings (SSSR count). The molecule has 1 heterocycles. The molecule has 1 saturated heterocycles. The van der Waals surface area contributed by atoms with E-state index in [9.17, 15) is 9.59 Å². The number of nitriles is 3. The van der Waals surface area contributed by atoms with Gasteiger partial charge in [-0.1, -0.05) is 12.1 Å². The molecule has 0 aliphatic carbocycles. The van der Waals surface area contributed by atoms with Crippen LogP contribution >= 0.6 is 0 Å². The van der Waals surface area contributed by atoms with Crippen molar-refractivity contribution in [3.05, 3.63) is 41.1 Å². The molecule has 8 heteroatoms. The summed E-state index contributed by atoms with van der Waals surface area (Å²) in [6.07, 6.45) is 0. The minimum absolute atomic E-state index is 0.0459. The fraction of sp³-hybridized carbons (Fsp3) is 0.188. The van der Waals surface area contributed by atoms with E-state index in [1.54, 1.807) is 42.5 Å². The predicted molar refractivity (Wildman–Crippen MR) is 82.8 cm³/mol. The quantitative estimate of drug-likeness (QED) is 0.779. The van der Waals surface area contributed by atoms with Gasteiger partial charge in [0.05, 0.1) is 17.8 Å². The molecule has 1 aromatic carbocycles. The Bertz CT molecular complexity index is 821. The molecule has 24 heavy (non-hydrogen) atoms. The highest BCUT2D eigenvalue weighted by molar-refractivity contribution is 6.01. The van der Waals surface area contributed by atoms with E-state index in [2.05, 4.69) is 10.6 Å².